The lowest BCUT2D eigenvalue weighted by Crippen LogP contribution is -1.96. The number of hydrogen-bond donors (Lipinski definition) is 0. The van der Waals surface area contributed by atoms with Crippen molar-refractivity contribution in [3.05, 3.63) is 212 Å². The fourth-order valence-corrected chi connectivity index (χ4v) is 9.30. The number of benzene rings is 9. The molecule has 3 heteroatoms. The first-order chi connectivity index (χ1) is 28.3. The molecule has 12 rings (SSSR count). The molecular formula is C54H35N3. The number of nitrogens with zero attached hydrogens (tertiary/aromatic N) is 3. The smallest absolute Gasteiger partial charge is 0.0641 e. The van der Waals surface area contributed by atoms with Gasteiger partial charge in [0.05, 0.1) is 33.1 Å². The maximum absolute atomic E-state index is 2.46. The van der Waals surface area contributed by atoms with Gasteiger partial charge < -0.3 is 13.7 Å². The lowest BCUT2D eigenvalue weighted by atomic mass is 10.0. The Morgan fingerprint density at radius 3 is 1.33 bits per heavy atom. The molecule has 0 N–H and O–H groups in total. The first-order valence-electron chi connectivity index (χ1n) is 19.6. The average Bonchev–Trinajstić information content (AvgIpc) is 3.92. The van der Waals surface area contributed by atoms with Gasteiger partial charge in [0.25, 0.3) is 0 Å². The normalized spacial score (nSPS) is 11.9. The zero-order valence-electron chi connectivity index (χ0n) is 31.0. The highest BCUT2D eigenvalue weighted by molar-refractivity contribution is 6.26. The quantitative estimate of drug-likeness (QED) is 0.168. The fourth-order valence-electron chi connectivity index (χ4n) is 9.30. The number of hydrogen-bond acceptors (Lipinski definition) is 0. The highest BCUT2D eigenvalue weighted by Crippen LogP contribution is 2.42. The molecule has 266 valence electrons. The molecule has 57 heavy (non-hydrogen) atoms. The minimum absolute atomic E-state index is 1.14. The van der Waals surface area contributed by atoms with E-state index >= 15 is 0 Å². The van der Waals surface area contributed by atoms with E-state index in [1.54, 1.807) is 0 Å². The van der Waals surface area contributed by atoms with Gasteiger partial charge in [0.15, 0.2) is 0 Å². The Bertz CT molecular complexity index is 3470. The zero-order chi connectivity index (χ0) is 37.5. The van der Waals surface area contributed by atoms with Gasteiger partial charge in [-0.1, -0.05) is 146 Å². The average molecular weight is 726 g/mol. The predicted octanol–water partition coefficient (Wildman–Crippen LogP) is 14.3. The van der Waals surface area contributed by atoms with E-state index in [1.165, 1.54) is 93.4 Å². The summed E-state index contributed by atoms with van der Waals surface area (Å²) in [4.78, 5) is 0. The molecule has 0 aliphatic rings. The van der Waals surface area contributed by atoms with Gasteiger partial charge >= 0.3 is 0 Å². The topological polar surface area (TPSA) is 14.8 Å². The third kappa shape index (κ3) is 4.79. The van der Waals surface area contributed by atoms with E-state index in [4.69, 9.17) is 0 Å². The Hall–Kier alpha value is -7.62. The molecule has 0 amide bonds. The highest BCUT2D eigenvalue weighted by Gasteiger charge is 2.21. The van der Waals surface area contributed by atoms with Crippen molar-refractivity contribution in [2.45, 2.75) is 0 Å². The first-order valence-corrected chi connectivity index (χ1v) is 19.6. The van der Waals surface area contributed by atoms with Gasteiger partial charge in [-0.25, -0.2) is 0 Å². The van der Waals surface area contributed by atoms with Gasteiger partial charge in [0, 0.05) is 49.4 Å². The summed E-state index contributed by atoms with van der Waals surface area (Å²) in [5, 5.41) is 7.54. The van der Waals surface area contributed by atoms with Crippen molar-refractivity contribution in [3.8, 4) is 39.3 Å². The van der Waals surface area contributed by atoms with E-state index in [9.17, 15) is 0 Å². The van der Waals surface area contributed by atoms with Crippen molar-refractivity contribution in [1.29, 1.82) is 0 Å². The molecule has 0 atom stereocenters. The summed E-state index contributed by atoms with van der Waals surface area (Å²) in [6, 6.07) is 77.3. The fraction of sp³-hybridized carbons (Fsp3) is 0. The summed E-state index contributed by atoms with van der Waals surface area (Å²) < 4.78 is 7.29. The second-order valence-corrected chi connectivity index (χ2v) is 14.9. The third-order valence-electron chi connectivity index (χ3n) is 11.8. The van der Waals surface area contributed by atoms with Crippen molar-refractivity contribution < 1.29 is 0 Å². The van der Waals surface area contributed by atoms with Crippen LogP contribution in [-0.2, 0) is 0 Å². The van der Waals surface area contributed by atoms with E-state index < -0.39 is 0 Å². The van der Waals surface area contributed by atoms with Crippen LogP contribution in [0.15, 0.2) is 212 Å². The van der Waals surface area contributed by atoms with Crippen LogP contribution in [0.4, 0.5) is 0 Å². The van der Waals surface area contributed by atoms with Gasteiger partial charge in [-0.2, -0.15) is 0 Å². The van der Waals surface area contributed by atoms with Crippen molar-refractivity contribution in [2.24, 2.45) is 0 Å². The number of rotatable bonds is 5. The third-order valence-corrected chi connectivity index (χ3v) is 11.8. The lowest BCUT2D eigenvalue weighted by molar-refractivity contribution is 1.17. The van der Waals surface area contributed by atoms with Crippen LogP contribution in [0.3, 0.4) is 0 Å². The van der Waals surface area contributed by atoms with E-state index in [0.29, 0.717) is 0 Å². The molecule has 12 aromatic rings. The van der Waals surface area contributed by atoms with Crippen LogP contribution >= 0.6 is 0 Å². The standard InChI is InChI=1S/C54H35N3/c1-3-13-36(14-4-1)37-23-30-42(31-24-37)57-49-21-11-8-18-44(49)46-33-34-51-53(54(46)57)47-19-9-12-22-50(47)55(51)41-28-25-38(26-29-41)39-27-32-45-43-17-7-10-20-48(43)56(52(45)35-39)40-15-5-2-6-16-40/h1-35H. The molecule has 0 fully saturated rings. The van der Waals surface area contributed by atoms with Crippen LogP contribution in [-0.4, -0.2) is 13.7 Å². The molecule has 0 saturated heterocycles. The van der Waals surface area contributed by atoms with Gasteiger partial charge in [-0.15, -0.1) is 0 Å². The molecule has 0 radical (unpaired) electrons. The lowest BCUT2D eigenvalue weighted by Gasteiger charge is -2.12. The van der Waals surface area contributed by atoms with E-state index in [2.05, 4.69) is 226 Å². The molecular weight excluding hydrogens is 691 g/mol. The highest BCUT2D eigenvalue weighted by atomic mass is 15.0. The Morgan fingerprint density at radius 2 is 0.649 bits per heavy atom. The minimum Gasteiger partial charge on any atom is -0.309 e. The van der Waals surface area contributed by atoms with Gasteiger partial charge in [0.2, 0.25) is 0 Å². The molecule has 9 aromatic carbocycles. The summed E-state index contributed by atoms with van der Waals surface area (Å²) in [5.74, 6) is 0. The number of aromatic nitrogens is 3. The number of fused-ring (bicyclic) bond motifs is 10. The molecule has 0 aliphatic carbocycles. The van der Waals surface area contributed by atoms with E-state index in [1.807, 2.05) is 0 Å². The zero-order valence-corrected chi connectivity index (χ0v) is 31.0. The largest absolute Gasteiger partial charge is 0.309 e. The second-order valence-electron chi connectivity index (χ2n) is 14.9. The van der Waals surface area contributed by atoms with Crippen LogP contribution in [0.5, 0.6) is 0 Å². The van der Waals surface area contributed by atoms with Crippen molar-refractivity contribution >= 4 is 65.4 Å². The molecule has 0 saturated carbocycles. The van der Waals surface area contributed by atoms with Crippen molar-refractivity contribution in [3.63, 3.8) is 0 Å². The molecule has 3 nitrogen and oxygen atoms in total. The van der Waals surface area contributed by atoms with Crippen LogP contribution in [0.2, 0.25) is 0 Å². The van der Waals surface area contributed by atoms with Gasteiger partial charge in [0.1, 0.15) is 0 Å². The number of para-hydroxylation sites is 4. The van der Waals surface area contributed by atoms with Crippen LogP contribution in [0.25, 0.3) is 105 Å². The molecule has 0 spiro atoms. The SMILES string of the molecule is c1ccc(-c2ccc(-n3c4ccccc4c4ccc5c(c6ccccc6n5-c5ccc(-c6ccc7c8ccccc8n(-c8ccccc8)c7c6)cc5)c43)cc2)cc1. The minimum atomic E-state index is 1.14. The van der Waals surface area contributed by atoms with Crippen molar-refractivity contribution in [1.82, 2.24) is 13.7 Å². The second kappa shape index (κ2) is 12.5. The Kier molecular flexibility index (Phi) is 6.93. The molecule has 3 heterocycles. The summed E-state index contributed by atoms with van der Waals surface area (Å²) in [5.41, 5.74) is 15.5. The first kappa shape index (κ1) is 31.7. The molecule has 0 unspecified atom stereocenters. The Balaban J connectivity index is 1.03. The molecule has 0 bridgehead atoms. The summed E-state index contributed by atoms with van der Waals surface area (Å²) in [6.07, 6.45) is 0. The molecule has 0 aliphatic heterocycles. The summed E-state index contributed by atoms with van der Waals surface area (Å²) >= 11 is 0. The van der Waals surface area contributed by atoms with Crippen LogP contribution in [0, 0.1) is 0 Å². The van der Waals surface area contributed by atoms with E-state index in [0.717, 1.165) is 11.4 Å². The van der Waals surface area contributed by atoms with Crippen LogP contribution in [0.1, 0.15) is 0 Å². The monoisotopic (exact) mass is 725 g/mol. The Labute approximate surface area is 329 Å². The van der Waals surface area contributed by atoms with Gasteiger partial charge in [-0.3, -0.25) is 0 Å². The predicted molar refractivity (Wildman–Crippen MR) is 240 cm³/mol. The maximum atomic E-state index is 2.46. The van der Waals surface area contributed by atoms with Crippen molar-refractivity contribution in [2.75, 3.05) is 0 Å². The van der Waals surface area contributed by atoms with Crippen LogP contribution < -0.4 is 0 Å². The summed E-state index contributed by atoms with van der Waals surface area (Å²) in [7, 11) is 0. The van der Waals surface area contributed by atoms with Gasteiger partial charge in [-0.05, 0) is 89.0 Å². The summed E-state index contributed by atoms with van der Waals surface area (Å²) in [6.45, 7) is 0. The molecule has 3 aromatic heterocycles. The van der Waals surface area contributed by atoms with E-state index in [-0.39, 0.29) is 0 Å². The maximum Gasteiger partial charge on any atom is 0.0641 e. The Morgan fingerprint density at radius 1 is 0.228 bits per heavy atom.